The number of hydrogen-bond donors (Lipinski definition) is 1. The minimum absolute atomic E-state index is 0.0429. The number of nitrogen functional groups attached to an aromatic ring is 1. The van der Waals surface area contributed by atoms with Crippen molar-refractivity contribution in [3.05, 3.63) is 23.8 Å². The molecule has 1 aromatic carbocycles. The van der Waals surface area contributed by atoms with E-state index in [0.717, 1.165) is 29.8 Å². The van der Waals surface area contributed by atoms with E-state index in [1.165, 1.54) is 11.8 Å². The Kier molecular flexibility index (Phi) is 5.63. The van der Waals surface area contributed by atoms with E-state index in [1.54, 1.807) is 9.80 Å². The summed E-state index contributed by atoms with van der Waals surface area (Å²) in [5.74, 6) is 0.772. The first-order chi connectivity index (χ1) is 11.7. The maximum Gasteiger partial charge on any atom is 0.236 e. The molecule has 0 aromatic heterocycles. The van der Waals surface area contributed by atoms with Crippen molar-refractivity contribution in [2.45, 2.75) is 12.8 Å². The summed E-state index contributed by atoms with van der Waals surface area (Å²) in [7, 11) is 0. The Hall–Kier alpha value is -1.73. The Morgan fingerprint density at radius 2 is 1.88 bits per heavy atom. The molecule has 0 unspecified atom stereocenters. The fraction of sp³-hybridized carbons (Fsp3) is 0.529. The van der Waals surface area contributed by atoms with Crippen LogP contribution in [0.2, 0.25) is 0 Å². The number of rotatable bonds is 4. The second-order valence-electron chi connectivity index (χ2n) is 5.98. The lowest BCUT2D eigenvalue weighted by atomic mass is 10.00. The average molecular weight is 349 g/mol. The number of amides is 2. The zero-order valence-electron chi connectivity index (χ0n) is 13.7. The van der Waals surface area contributed by atoms with Gasteiger partial charge in [-0.05, 0) is 30.5 Å². The van der Waals surface area contributed by atoms with Gasteiger partial charge in [0.05, 0.1) is 24.7 Å². The largest absolute Gasteiger partial charge is 0.398 e. The summed E-state index contributed by atoms with van der Waals surface area (Å²) in [6.45, 7) is 3.20. The van der Waals surface area contributed by atoms with Crippen molar-refractivity contribution in [1.29, 1.82) is 0 Å². The first kappa shape index (κ1) is 17.1. The number of carbonyl (C=O) groups is 2. The Morgan fingerprint density at radius 3 is 2.67 bits per heavy atom. The molecule has 6 nitrogen and oxygen atoms in total. The van der Waals surface area contributed by atoms with Crippen molar-refractivity contribution < 1.29 is 14.3 Å². The number of ether oxygens (including phenoxy) is 1. The number of nitrogens with two attached hydrogens (primary N) is 1. The molecule has 1 saturated heterocycles. The van der Waals surface area contributed by atoms with Crippen LogP contribution in [0.1, 0.15) is 12.0 Å². The predicted molar refractivity (Wildman–Crippen MR) is 96.3 cm³/mol. The molecule has 0 aliphatic carbocycles. The Morgan fingerprint density at radius 1 is 1.12 bits per heavy atom. The summed E-state index contributed by atoms with van der Waals surface area (Å²) in [6, 6.07) is 5.71. The quantitative estimate of drug-likeness (QED) is 0.825. The van der Waals surface area contributed by atoms with Crippen LogP contribution >= 0.6 is 11.8 Å². The van der Waals surface area contributed by atoms with E-state index in [0.29, 0.717) is 44.4 Å². The van der Waals surface area contributed by atoms with E-state index >= 15 is 0 Å². The summed E-state index contributed by atoms with van der Waals surface area (Å²) in [5.41, 5.74) is 8.76. The molecule has 0 radical (unpaired) electrons. The van der Waals surface area contributed by atoms with Crippen LogP contribution in [-0.4, -0.2) is 61.1 Å². The molecule has 130 valence electrons. The highest BCUT2D eigenvalue weighted by Gasteiger charge is 2.24. The minimum Gasteiger partial charge on any atom is -0.398 e. The fourth-order valence-electron chi connectivity index (χ4n) is 3.12. The number of thioether (sulfide) groups is 1. The number of carbonyl (C=O) groups excluding carboxylic acids is 2. The lowest BCUT2D eigenvalue weighted by molar-refractivity contribution is -0.132. The van der Waals surface area contributed by atoms with Gasteiger partial charge in [-0.2, -0.15) is 0 Å². The zero-order valence-corrected chi connectivity index (χ0v) is 14.5. The van der Waals surface area contributed by atoms with E-state index in [-0.39, 0.29) is 11.8 Å². The monoisotopic (exact) mass is 349 g/mol. The molecular weight excluding hydrogens is 326 g/mol. The summed E-state index contributed by atoms with van der Waals surface area (Å²) in [6.07, 6.45) is 1.83. The van der Waals surface area contributed by atoms with Crippen molar-refractivity contribution in [2.75, 3.05) is 55.0 Å². The molecule has 1 fully saturated rings. The number of anilines is 2. The van der Waals surface area contributed by atoms with Gasteiger partial charge in [0.15, 0.2) is 0 Å². The highest BCUT2D eigenvalue weighted by atomic mass is 32.2. The second kappa shape index (κ2) is 7.90. The molecule has 2 aliphatic heterocycles. The van der Waals surface area contributed by atoms with Gasteiger partial charge in [0.2, 0.25) is 11.8 Å². The molecular formula is C17H23N3O3S. The van der Waals surface area contributed by atoms with Crippen LogP contribution in [0, 0.1) is 0 Å². The lowest BCUT2D eigenvalue weighted by Crippen LogP contribution is -2.42. The summed E-state index contributed by atoms with van der Waals surface area (Å²) >= 11 is 1.38. The molecule has 0 atom stereocenters. The van der Waals surface area contributed by atoms with E-state index in [1.807, 2.05) is 18.2 Å². The van der Waals surface area contributed by atoms with Crippen LogP contribution in [0.4, 0.5) is 11.4 Å². The SMILES string of the molecule is Nc1cccc2c1CCCN2C(=O)CSCC(=O)N1CCOCC1. The van der Waals surface area contributed by atoms with Gasteiger partial charge in [0.25, 0.3) is 0 Å². The van der Waals surface area contributed by atoms with Gasteiger partial charge in [0.1, 0.15) is 0 Å². The standard InChI is InChI=1S/C17H23N3O3S/c18-14-4-1-5-15-13(14)3-2-6-20(15)17(22)12-24-11-16(21)19-7-9-23-10-8-19/h1,4-5H,2-3,6-12,18H2. The van der Waals surface area contributed by atoms with Gasteiger partial charge in [0, 0.05) is 31.0 Å². The first-order valence-electron chi connectivity index (χ1n) is 8.28. The van der Waals surface area contributed by atoms with Crippen LogP contribution < -0.4 is 10.6 Å². The van der Waals surface area contributed by atoms with Crippen molar-refractivity contribution in [1.82, 2.24) is 4.90 Å². The van der Waals surface area contributed by atoms with Crippen LogP contribution in [0.15, 0.2) is 18.2 Å². The van der Waals surface area contributed by atoms with Gasteiger partial charge in [-0.1, -0.05) is 6.07 Å². The van der Waals surface area contributed by atoms with Crippen LogP contribution in [0.3, 0.4) is 0 Å². The molecule has 0 saturated carbocycles. The van der Waals surface area contributed by atoms with Crippen molar-refractivity contribution in [2.24, 2.45) is 0 Å². The Balaban J connectivity index is 1.53. The van der Waals surface area contributed by atoms with Crippen LogP contribution in [-0.2, 0) is 20.7 Å². The van der Waals surface area contributed by atoms with Crippen LogP contribution in [0.5, 0.6) is 0 Å². The zero-order chi connectivity index (χ0) is 16.9. The topological polar surface area (TPSA) is 75.9 Å². The third kappa shape index (κ3) is 3.84. The number of fused-ring (bicyclic) bond motifs is 1. The van der Waals surface area contributed by atoms with Gasteiger partial charge in [-0.3, -0.25) is 9.59 Å². The summed E-state index contributed by atoms with van der Waals surface area (Å²) in [4.78, 5) is 28.3. The number of benzene rings is 1. The van der Waals surface area contributed by atoms with Crippen molar-refractivity contribution in [3.63, 3.8) is 0 Å². The molecule has 0 bridgehead atoms. The van der Waals surface area contributed by atoms with E-state index in [9.17, 15) is 9.59 Å². The van der Waals surface area contributed by atoms with Gasteiger partial charge in [-0.25, -0.2) is 0 Å². The second-order valence-corrected chi connectivity index (χ2v) is 6.97. The molecule has 2 aliphatic rings. The summed E-state index contributed by atoms with van der Waals surface area (Å²) in [5, 5.41) is 0. The average Bonchev–Trinajstić information content (AvgIpc) is 2.62. The molecule has 2 N–H and O–H groups in total. The third-order valence-electron chi connectivity index (χ3n) is 4.40. The van der Waals surface area contributed by atoms with E-state index in [2.05, 4.69) is 0 Å². The first-order valence-corrected chi connectivity index (χ1v) is 9.43. The Bertz CT molecular complexity index is 617. The van der Waals surface area contributed by atoms with Crippen LogP contribution in [0.25, 0.3) is 0 Å². The van der Waals surface area contributed by atoms with Gasteiger partial charge >= 0.3 is 0 Å². The smallest absolute Gasteiger partial charge is 0.236 e. The number of morpholine rings is 1. The van der Waals surface area contributed by atoms with Crippen molar-refractivity contribution >= 4 is 35.0 Å². The predicted octanol–water partition coefficient (Wildman–Crippen LogP) is 1.14. The highest BCUT2D eigenvalue weighted by molar-refractivity contribution is 8.00. The number of nitrogens with zero attached hydrogens (tertiary/aromatic N) is 2. The van der Waals surface area contributed by atoms with Gasteiger partial charge in [-0.15, -0.1) is 11.8 Å². The Labute approximate surface area is 146 Å². The third-order valence-corrected chi connectivity index (χ3v) is 5.30. The summed E-state index contributed by atoms with van der Waals surface area (Å²) < 4.78 is 5.24. The number of hydrogen-bond acceptors (Lipinski definition) is 5. The highest BCUT2D eigenvalue weighted by Crippen LogP contribution is 2.31. The molecule has 3 rings (SSSR count). The minimum atomic E-state index is 0.0429. The molecule has 1 aromatic rings. The normalized spacial score (nSPS) is 17.5. The maximum atomic E-state index is 12.5. The van der Waals surface area contributed by atoms with Gasteiger partial charge < -0.3 is 20.3 Å². The van der Waals surface area contributed by atoms with E-state index in [4.69, 9.17) is 10.5 Å². The molecule has 0 spiro atoms. The molecule has 24 heavy (non-hydrogen) atoms. The van der Waals surface area contributed by atoms with E-state index < -0.39 is 0 Å². The van der Waals surface area contributed by atoms with Crippen molar-refractivity contribution in [3.8, 4) is 0 Å². The fourth-order valence-corrected chi connectivity index (χ4v) is 3.91. The molecule has 7 heteroatoms. The molecule has 2 heterocycles. The maximum absolute atomic E-state index is 12.5. The molecule has 2 amide bonds. The lowest BCUT2D eigenvalue weighted by Gasteiger charge is -2.30.